The number of ether oxygens (including phenoxy) is 2. The van der Waals surface area contributed by atoms with Gasteiger partial charge < -0.3 is 14.8 Å². The van der Waals surface area contributed by atoms with Gasteiger partial charge in [-0.1, -0.05) is 0 Å². The van der Waals surface area contributed by atoms with Crippen LogP contribution in [-0.4, -0.2) is 32.6 Å². The lowest BCUT2D eigenvalue weighted by molar-refractivity contribution is 0.0992. The molecule has 0 aliphatic carbocycles. The Bertz CT molecular complexity index is 420. The van der Waals surface area contributed by atoms with E-state index in [1.807, 2.05) is 0 Å². The average molecular weight is 286 g/mol. The first-order chi connectivity index (χ1) is 7.72. The van der Waals surface area contributed by atoms with Gasteiger partial charge >= 0.3 is 0 Å². The Balaban J connectivity index is 2.35. The van der Waals surface area contributed by atoms with Crippen molar-refractivity contribution in [3.05, 3.63) is 22.2 Å². The Morgan fingerprint density at radius 1 is 1.44 bits per heavy atom. The zero-order valence-corrected chi connectivity index (χ0v) is 10.5. The minimum Gasteiger partial charge on any atom is -0.486 e. The van der Waals surface area contributed by atoms with E-state index in [0.29, 0.717) is 36.8 Å². The van der Waals surface area contributed by atoms with Gasteiger partial charge in [0.1, 0.15) is 13.2 Å². The summed E-state index contributed by atoms with van der Waals surface area (Å²) in [6, 6.07) is 3.48. The van der Waals surface area contributed by atoms with E-state index in [-0.39, 0.29) is 5.78 Å². The molecule has 1 aliphatic heterocycles. The highest BCUT2D eigenvalue weighted by atomic mass is 79.9. The second kappa shape index (κ2) is 4.84. The van der Waals surface area contributed by atoms with Crippen LogP contribution in [0.3, 0.4) is 0 Å². The fourth-order valence-electron chi connectivity index (χ4n) is 1.53. The predicted molar refractivity (Wildman–Crippen MR) is 63.4 cm³/mol. The van der Waals surface area contributed by atoms with Crippen LogP contribution in [0.15, 0.2) is 16.6 Å². The van der Waals surface area contributed by atoms with Gasteiger partial charge in [0, 0.05) is 5.56 Å². The van der Waals surface area contributed by atoms with Crippen LogP contribution in [0, 0.1) is 0 Å². The SMILES string of the molecule is CNCC(=O)c1cc(Br)c2c(c1)OCCO2. The van der Waals surface area contributed by atoms with Crippen molar-refractivity contribution < 1.29 is 14.3 Å². The van der Waals surface area contributed by atoms with Crippen LogP contribution in [0.1, 0.15) is 10.4 Å². The van der Waals surface area contributed by atoms with Crippen LogP contribution in [0.25, 0.3) is 0 Å². The molecule has 0 fully saturated rings. The zero-order chi connectivity index (χ0) is 11.5. The van der Waals surface area contributed by atoms with Crippen molar-refractivity contribution in [3.8, 4) is 11.5 Å². The molecule has 2 rings (SSSR count). The first-order valence-corrected chi connectivity index (χ1v) is 5.78. The van der Waals surface area contributed by atoms with Crippen molar-refractivity contribution in [2.75, 3.05) is 26.8 Å². The summed E-state index contributed by atoms with van der Waals surface area (Å²) in [5.41, 5.74) is 0.616. The van der Waals surface area contributed by atoms with Crippen molar-refractivity contribution in [2.24, 2.45) is 0 Å². The third-order valence-corrected chi connectivity index (χ3v) is 2.85. The standard InChI is InChI=1S/C11H12BrNO3/c1-13-6-9(14)7-4-8(12)11-10(5-7)15-2-3-16-11/h4-5,13H,2-3,6H2,1H3. The molecule has 0 spiro atoms. The number of benzene rings is 1. The fourth-order valence-corrected chi connectivity index (χ4v) is 2.09. The number of Topliss-reactive ketones (excluding diaryl/α,β-unsaturated/α-hetero) is 1. The van der Waals surface area contributed by atoms with Gasteiger partial charge in [-0.3, -0.25) is 4.79 Å². The molecule has 1 aliphatic rings. The average Bonchev–Trinajstić information content (AvgIpc) is 2.29. The summed E-state index contributed by atoms with van der Waals surface area (Å²) in [5, 5.41) is 2.83. The smallest absolute Gasteiger partial charge is 0.176 e. The van der Waals surface area contributed by atoms with E-state index in [9.17, 15) is 4.79 Å². The molecule has 0 unspecified atom stereocenters. The third kappa shape index (κ3) is 2.20. The molecule has 1 heterocycles. The quantitative estimate of drug-likeness (QED) is 0.858. The highest BCUT2D eigenvalue weighted by molar-refractivity contribution is 9.10. The number of nitrogens with one attached hydrogen (secondary N) is 1. The summed E-state index contributed by atoms with van der Waals surface area (Å²) < 4.78 is 11.6. The molecule has 0 aromatic heterocycles. The molecule has 1 aromatic rings. The van der Waals surface area contributed by atoms with Gasteiger partial charge in [-0.15, -0.1) is 0 Å². The van der Waals surface area contributed by atoms with Gasteiger partial charge in [0.25, 0.3) is 0 Å². The predicted octanol–water partition coefficient (Wildman–Crippen LogP) is 1.62. The van der Waals surface area contributed by atoms with E-state index >= 15 is 0 Å². The lowest BCUT2D eigenvalue weighted by Gasteiger charge is -2.20. The van der Waals surface area contributed by atoms with Gasteiger partial charge in [0.15, 0.2) is 17.3 Å². The highest BCUT2D eigenvalue weighted by Gasteiger charge is 2.18. The monoisotopic (exact) mass is 285 g/mol. The van der Waals surface area contributed by atoms with E-state index in [1.165, 1.54) is 0 Å². The fraction of sp³-hybridized carbons (Fsp3) is 0.364. The molecule has 0 saturated carbocycles. The number of ketones is 1. The zero-order valence-electron chi connectivity index (χ0n) is 8.88. The van der Waals surface area contributed by atoms with Gasteiger partial charge in [0.05, 0.1) is 11.0 Å². The molecule has 0 saturated heterocycles. The maximum absolute atomic E-state index is 11.7. The maximum Gasteiger partial charge on any atom is 0.176 e. The Kier molecular flexibility index (Phi) is 3.46. The third-order valence-electron chi connectivity index (χ3n) is 2.26. The van der Waals surface area contributed by atoms with Crippen LogP contribution in [-0.2, 0) is 0 Å². The van der Waals surface area contributed by atoms with Crippen molar-refractivity contribution in [1.82, 2.24) is 5.32 Å². The normalized spacial score (nSPS) is 13.6. The molecule has 1 aromatic carbocycles. The van der Waals surface area contributed by atoms with E-state index in [0.717, 1.165) is 4.47 Å². The summed E-state index contributed by atoms with van der Waals surface area (Å²) >= 11 is 3.37. The largest absolute Gasteiger partial charge is 0.486 e. The topological polar surface area (TPSA) is 47.6 Å². The highest BCUT2D eigenvalue weighted by Crippen LogP contribution is 2.38. The molecule has 0 radical (unpaired) electrons. The molecule has 5 heteroatoms. The number of halogens is 1. The number of hydrogen-bond acceptors (Lipinski definition) is 4. The second-order valence-corrected chi connectivity index (χ2v) is 4.29. The van der Waals surface area contributed by atoms with E-state index in [1.54, 1.807) is 19.2 Å². The second-order valence-electron chi connectivity index (χ2n) is 3.44. The summed E-state index contributed by atoms with van der Waals surface area (Å²) in [4.78, 5) is 11.7. The van der Waals surface area contributed by atoms with Gasteiger partial charge in [-0.2, -0.15) is 0 Å². The van der Waals surface area contributed by atoms with Gasteiger partial charge in [-0.25, -0.2) is 0 Å². The van der Waals surface area contributed by atoms with Crippen LogP contribution in [0.4, 0.5) is 0 Å². The van der Waals surface area contributed by atoms with Crippen LogP contribution in [0.5, 0.6) is 11.5 Å². The maximum atomic E-state index is 11.7. The first-order valence-electron chi connectivity index (χ1n) is 4.99. The number of carbonyl (C=O) groups is 1. The molecular formula is C11H12BrNO3. The molecule has 4 nitrogen and oxygen atoms in total. The van der Waals surface area contributed by atoms with E-state index < -0.39 is 0 Å². The Labute approximate surface area is 102 Å². The molecular weight excluding hydrogens is 274 g/mol. The van der Waals surface area contributed by atoms with Crippen molar-refractivity contribution >= 4 is 21.7 Å². The minimum absolute atomic E-state index is 0.0279. The number of hydrogen-bond donors (Lipinski definition) is 1. The van der Waals surface area contributed by atoms with Gasteiger partial charge in [0.2, 0.25) is 0 Å². The summed E-state index contributed by atoms with van der Waals surface area (Å²) in [7, 11) is 1.74. The summed E-state index contributed by atoms with van der Waals surface area (Å²) in [5.74, 6) is 1.33. The Hall–Kier alpha value is -1.07. The van der Waals surface area contributed by atoms with E-state index in [2.05, 4.69) is 21.2 Å². The minimum atomic E-state index is 0.0279. The van der Waals surface area contributed by atoms with Crippen LogP contribution >= 0.6 is 15.9 Å². The van der Waals surface area contributed by atoms with Crippen molar-refractivity contribution in [2.45, 2.75) is 0 Å². The molecule has 0 bridgehead atoms. The molecule has 86 valence electrons. The van der Waals surface area contributed by atoms with Crippen molar-refractivity contribution in [3.63, 3.8) is 0 Å². The lowest BCUT2D eigenvalue weighted by atomic mass is 10.1. The molecule has 16 heavy (non-hydrogen) atoms. The summed E-state index contributed by atoms with van der Waals surface area (Å²) in [6.45, 7) is 1.37. The Morgan fingerprint density at radius 2 is 2.19 bits per heavy atom. The van der Waals surface area contributed by atoms with Crippen LogP contribution < -0.4 is 14.8 Å². The number of fused-ring (bicyclic) bond motifs is 1. The first kappa shape index (κ1) is 11.4. The Morgan fingerprint density at radius 3 is 2.94 bits per heavy atom. The number of rotatable bonds is 3. The van der Waals surface area contributed by atoms with E-state index in [4.69, 9.17) is 9.47 Å². The van der Waals surface area contributed by atoms with Crippen molar-refractivity contribution in [1.29, 1.82) is 0 Å². The molecule has 0 atom stereocenters. The van der Waals surface area contributed by atoms with Crippen LogP contribution in [0.2, 0.25) is 0 Å². The van der Waals surface area contributed by atoms with Gasteiger partial charge in [-0.05, 0) is 35.1 Å². The molecule has 1 N–H and O–H groups in total. The molecule has 0 amide bonds. The number of carbonyl (C=O) groups excluding carboxylic acids is 1. The number of likely N-dealkylation sites (N-methyl/N-ethyl adjacent to an activating group) is 1. The lowest BCUT2D eigenvalue weighted by Crippen LogP contribution is -2.20. The summed E-state index contributed by atoms with van der Waals surface area (Å²) in [6.07, 6.45) is 0.